The first-order valence-corrected chi connectivity index (χ1v) is 6.45. The Hall–Kier alpha value is -1.06. The fourth-order valence-electron chi connectivity index (χ4n) is 0.678. The fraction of sp³-hybridized carbons (Fsp3) is 0.857. The van der Waals surface area contributed by atoms with Crippen LogP contribution in [0.3, 0.4) is 0 Å². The minimum atomic E-state index is -0.550. The molecule has 1 N–H and O–H groups in total. The number of hydrogen-bond donors (Lipinski definition) is 1. The average molecular weight is 259 g/mol. The van der Waals surface area contributed by atoms with Gasteiger partial charge in [-0.2, -0.15) is 0 Å². The highest BCUT2D eigenvalue weighted by atomic mass is 16.6. The molecule has 0 aromatic heterocycles. The van der Waals surface area contributed by atoms with Crippen LogP contribution in [0.2, 0.25) is 0 Å². The number of carbonyl (C=O) groups is 2. The third-order valence-corrected chi connectivity index (χ3v) is 1.45. The number of alkyl carbamates (subject to hydrolysis) is 1. The molecule has 0 radical (unpaired) electrons. The molecule has 0 rings (SSSR count). The Morgan fingerprint density at radius 3 is 1.72 bits per heavy atom. The van der Waals surface area contributed by atoms with Crippen molar-refractivity contribution in [1.82, 2.24) is 5.32 Å². The molecule has 4 nitrogen and oxygen atoms in total. The number of hydrogen-bond acceptors (Lipinski definition) is 3. The van der Waals surface area contributed by atoms with E-state index in [4.69, 9.17) is 4.74 Å². The highest BCUT2D eigenvalue weighted by Crippen LogP contribution is 2.06. The minimum Gasteiger partial charge on any atom is -0.444 e. The smallest absolute Gasteiger partial charge is 0.408 e. The molecule has 0 aliphatic carbocycles. The lowest BCUT2D eigenvalue weighted by atomic mass is 10.1. The molecule has 0 atom stereocenters. The summed E-state index contributed by atoms with van der Waals surface area (Å²) in [4.78, 5) is 22.2. The SMILES string of the molecule is CC(C)C.CC(C)C(=O)CNC(=O)OC(C)(C)C. The van der Waals surface area contributed by atoms with Crippen LogP contribution in [0.25, 0.3) is 0 Å². The maximum Gasteiger partial charge on any atom is 0.408 e. The van der Waals surface area contributed by atoms with Crippen molar-refractivity contribution in [1.29, 1.82) is 0 Å². The molecule has 0 saturated carbocycles. The van der Waals surface area contributed by atoms with Crippen LogP contribution in [-0.2, 0) is 9.53 Å². The Kier molecular flexibility index (Phi) is 9.59. The number of ketones is 1. The summed E-state index contributed by atoms with van der Waals surface area (Å²) in [6.07, 6.45) is -0.550. The first-order chi connectivity index (χ1) is 7.95. The van der Waals surface area contributed by atoms with Gasteiger partial charge in [-0.05, 0) is 26.7 Å². The molecular formula is C14H29NO3. The Balaban J connectivity index is 0. The van der Waals surface area contributed by atoms with Gasteiger partial charge in [0, 0.05) is 5.92 Å². The van der Waals surface area contributed by atoms with Crippen LogP contribution in [0.1, 0.15) is 55.4 Å². The van der Waals surface area contributed by atoms with Crippen LogP contribution in [0.5, 0.6) is 0 Å². The first-order valence-electron chi connectivity index (χ1n) is 6.45. The van der Waals surface area contributed by atoms with E-state index >= 15 is 0 Å². The second kappa shape index (κ2) is 8.95. The monoisotopic (exact) mass is 259 g/mol. The number of rotatable bonds is 3. The van der Waals surface area contributed by atoms with Crippen LogP contribution >= 0.6 is 0 Å². The van der Waals surface area contributed by atoms with E-state index in [1.54, 1.807) is 34.6 Å². The number of carbonyl (C=O) groups excluding carboxylic acids is 2. The minimum absolute atomic E-state index is 0.00383. The highest BCUT2D eigenvalue weighted by Gasteiger charge is 2.17. The summed E-state index contributed by atoms with van der Waals surface area (Å²) in [5, 5.41) is 2.41. The van der Waals surface area contributed by atoms with Gasteiger partial charge >= 0.3 is 6.09 Å². The molecule has 108 valence electrons. The molecule has 0 aliphatic heterocycles. The van der Waals surface area contributed by atoms with E-state index in [1.807, 2.05) is 0 Å². The Bertz CT molecular complexity index is 250. The van der Waals surface area contributed by atoms with Gasteiger partial charge < -0.3 is 10.1 Å². The standard InChI is InChI=1S/C10H19NO3.C4H10/c1-7(2)8(12)6-11-9(13)14-10(3,4)5;1-4(2)3/h7H,6H2,1-5H3,(H,11,13);4H,1-3H3. The molecule has 1 amide bonds. The molecule has 0 spiro atoms. The van der Waals surface area contributed by atoms with E-state index in [-0.39, 0.29) is 18.2 Å². The lowest BCUT2D eigenvalue weighted by molar-refractivity contribution is -0.121. The van der Waals surface area contributed by atoms with Gasteiger partial charge in [0.05, 0.1) is 6.54 Å². The summed E-state index contributed by atoms with van der Waals surface area (Å²) in [5.74, 6) is 0.765. The lowest BCUT2D eigenvalue weighted by Gasteiger charge is -2.19. The van der Waals surface area contributed by atoms with Crippen LogP contribution < -0.4 is 5.32 Å². The summed E-state index contributed by atoms with van der Waals surface area (Å²) in [5.41, 5.74) is -0.523. The van der Waals surface area contributed by atoms with Gasteiger partial charge in [0.2, 0.25) is 0 Å². The van der Waals surface area contributed by atoms with Crippen LogP contribution in [0.4, 0.5) is 4.79 Å². The normalized spacial score (nSPS) is 10.8. The van der Waals surface area contributed by atoms with Crippen molar-refractivity contribution in [2.45, 2.75) is 61.0 Å². The van der Waals surface area contributed by atoms with Crippen molar-refractivity contribution in [2.24, 2.45) is 11.8 Å². The molecular weight excluding hydrogens is 230 g/mol. The van der Waals surface area contributed by atoms with Crippen molar-refractivity contribution in [3.8, 4) is 0 Å². The zero-order chi connectivity index (χ0) is 14.9. The molecule has 0 saturated heterocycles. The summed E-state index contributed by atoms with van der Waals surface area (Å²) in [6, 6.07) is 0. The molecule has 0 aromatic rings. The average Bonchev–Trinajstić information content (AvgIpc) is 2.10. The fourth-order valence-corrected chi connectivity index (χ4v) is 0.678. The molecule has 0 bridgehead atoms. The second-order valence-electron chi connectivity index (χ2n) is 6.21. The summed E-state index contributed by atoms with van der Waals surface area (Å²) < 4.78 is 4.97. The van der Waals surface area contributed by atoms with Crippen molar-refractivity contribution in [2.75, 3.05) is 6.54 Å². The van der Waals surface area contributed by atoms with Gasteiger partial charge in [0.15, 0.2) is 5.78 Å². The largest absolute Gasteiger partial charge is 0.444 e. The molecule has 4 heteroatoms. The summed E-state index contributed by atoms with van der Waals surface area (Å²) in [6.45, 7) is 15.4. The van der Waals surface area contributed by atoms with Gasteiger partial charge in [0.25, 0.3) is 0 Å². The predicted molar refractivity (Wildman–Crippen MR) is 74.6 cm³/mol. The molecule has 0 fully saturated rings. The van der Waals surface area contributed by atoms with Crippen molar-refractivity contribution < 1.29 is 14.3 Å². The van der Waals surface area contributed by atoms with E-state index in [1.165, 1.54) is 0 Å². The molecule has 0 aliphatic rings. The van der Waals surface area contributed by atoms with Crippen LogP contribution in [0.15, 0.2) is 0 Å². The Morgan fingerprint density at radius 1 is 1.06 bits per heavy atom. The Labute approximate surface area is 111 Å². The third-order valence-electron chi connectivity index (χ3n) is 1.45. The van der Waals surface area contributed by atoms with Gasteiger partial charge in [-0.3, -0.25) is 4.79 Å². The van der Waals surface area contributed by atoms with Gasteiger partial charge in [-0.15, -0.1) is 0 Å². The number of nitrogens with one attached hydrogen (secondary N) is 1. The van der Waals surface area contributed by atoms with Crippen molar-refractivity contribution >= 4 is 11.9 Å². The maximum absolute atomic E-state index is 11.1. The van der Waals surface area contributed by atoms with Gasteiger partial charge in [0.1, 0.15) is 5.60 Å². The molecule has 0 aromatic carbocycles. The van der Waals surface area contributed by atoms with E-state index in [2.05, 4.69) is 26.1 Å². The molecule has 18 heavy (non-hydrogen) atoms. The van der Waals surface area contributed by atoms with Crippen molar-refractivity contribution in [3.63, 3.8) is 0 Å². The van der Waals surface area contributed by atoms with Gasteiger partial charge in [-0.25, -0.2) is 4.79 Å². The van der Waals surface area contributed by atoms with Crippen LogP contribution in [-0.4, -0.2) is 24.0 Å². The highest BCUT2D eigenvalue weighted by molar-refractivity contribution is 5.85. The van der Waals surface area contributed by atoms with Gasteiger partial charge in [-0.1, -0.05) is 34.6 Å². The quantitative estimate of drug-likeness (QED) is 0.845. The Morgan fingerprint density at radius 2 is 1.44 bits per heavy atom. The van der Waals surface area contributed by atoms with E-state index < -0.39 is 11.7 Å². The topological polar surface area (TPSA) is 55.4 Å². The summed E-state index contributed by atoms with van der Waals surface area (Å²) >= 11 is 0. The van der Waals surface area contributed by atoms with Crippen molar-refractivity contribution in [3.05, 3.63) is 0 Å². The summed E-state index contributed by atoms with van der Waals surface area (Å²) in [7, 11) is 0. The molecule has 0 unspecified atom stereocenters. The zero-order valence-corrected chi connectivity index (χ0v) is 13.1. The van der Waals surface area contributed by atoms with E-state index in [0.29, 0.717) is 0 Å². The predicted octanol–water partition coefficient (Wildman–Crippen LogP) is 3.40. The molecule has 0 heterocycles. The lowest BCUT2D eigenvalue weighted by Crippen LogP contribution is -2.36. The van der Waals surface area contributed by atoms with E-state index in [9.17, 15) is 9.59 Å². The van der Waals surface area contributed by atoms with Crippen LogP contribution in [0, 0.1) is 11.8 Å². The number of amides is 1. The second-order valence-corrected chi connectivity index (χ2v) is 6.21. The number of Topliss-reactive ketones (excluding diaryl/α,β-unsaturated/α-hetero) is 1. The van der Waals surface area contributed by atoms with E-state index in [0.717, 1.165) is 5.92 Å². The first kappa shape index (κ1) is 19.3. The third kappa shape index (κ3) is 17.3. The maximum atomic E-state index is 11.1. The zero-order valence-electron chi connectivity index (χ0n) is 13.1. The number of ether oxygens (including phenoxy) is 1.